The average Bonchev–Trinajstić information content (AvgIpc) is 2.46. The van der Waals surface area contributed by atoms with E-state index in [0.29, 0.717) is 17.2 Å². The molecule has 2 rings (SSSR count). The lowest BCUT2D eigenvalue weighted by Gasteiger charge is -2.15. The van der Waals surface area contributed by atoms with E-state index < -0.39 is 6.10 Å². The third-order valence-electron chi connectivity index (χ3n) is 2.93. The predicted octanol–water partition coefficient (Wildman–Crippen LogP) is 2.82. The first-order valence-corrected chi connectivity index (χ1v) is 6.03. The summed E-state index contributed by atoms with van der Waals surface area (Å²) < 4.78 is 10.7. The number of para-hydroxylation sites is 1. The van der Waals surface area contributed by atoms with E-state index in [4.69, 9.17) is 9.47 Å². The number of nitrogens with zero attached hydrogens (tertiary/aromatic N) is 1. The fourth-order valence-corrected chi connectivity index (χ4v) is 2.08. The highest BCUT2D eigenvalue weighted by Gasteiger charge is 2.16. The van der Waals surface area contributed by atoms with Gasteiger partial charge in [-0.15, -0.1) is 0 Å². The molecule has 19 heavy (non-hydrogen) atoms. The lowest BCUT2D eigenvalue weighted by molar-refractivity contribution is 0.195. The maximum absolute atomic E-state index is 9.82. The molecule has 1 unspecified atom stereocenters. The third kappa shape index (κ3) is 2.53. The van der Waals surface area contributed by atoms with Gasteiger partial charge in [-0.3, -0.25) is 4.98 Å². The Bertz CT molecular complexity index is 567. The topological polar surface area (TPSA) is 51.6 Å². The summed E-state index contributed by atoms with van der Waals surface area (Å²) in [6, 6.07) is 9.38. The number of benzene rings is 1. The number of pyridine rings is 1. The molecule has 0 radical (unpaired) electrons. The van der Waals surface area contributed by atoms with Gasteiger partial charge < -0.3 is 14.6 Å². The van der Waals surface area contributed by atoms with Gasteiger partial charge in [0.15, 0.2) is 11.5 Å². The fraction of sp³-hybridized carbons (Fsp3) is 0.267. The van der Waals surface area contributed by atoms with Crippen molar-refractivity contribution in [1.29, 1.82) is 0 Å². The van der Waals surface area contributed by atoms with Crippen molar-refractivity contribution in [3.05, 3.63) is 42.2 Å². The van der Waals surface area contributed by atoms with Crippen molar-refractivity contribution in [1.82, 2.24) is 4.98 Å². The first-order chi connectivity index (χ1) is 9.19. The van der Waals surface area contributed by atoms with Gasteiger partial charge in [0, 0.05) is 17.3 Å². The summed E-state index contributed by atoms with van der Waals surface area (Å²) in [6.45, 7) is 1.69. The molecule has 0 spiro atoms. The van der Waals surface area contributed by atoms with E-state index in [1.54, 1.807) is 27.3 Å². The number of hydrogen-bond acceptors (Lipinski definition) is 4. The second-order valence-corrected chi connectivity index (χ2v) is 4.15. The van der Waals surface area contributed by atoms with Crippen molar-refractivity contribution in [2.24, 2.45) is 0 Å². The number of aromatic nitrogens is 1. The Hall–Kier alpha value is -2.07. The summed E-state index contributed by atoms with van der Waals surface area (Å²) in [7, 11) is 3.19. The Morgan fingerprint density at radius 3 is 2.42 bits per heavy atom. The van der Waals surface area contributed by atoms with Crippen LogP contribution in [0.25, 0.3) is 11.1 Å². The van der Waals surface area contributed by atoms with Crippen LogP contribution in [0.2, 0.25) is 0 Å². The van der Waals surface area contributed by atoms with Crippen molar-refractivity contribution in [3.8, 4) is 22.6 Å². The van der Waals surface area contributed by atoms with E-state index in [-0.39, 0.29) is 0 Å². The summed E-state index contributed by atoms with van der Waals surface area (Å²) in [6.07, 6.45) is 1.02. The molecule has 1 aromatic heterocycles. The van der Waals surface area contributed by atoms with Crippen LogP contribution < -0.4 is 9.47 Å². The minimum atomic E-state index is -0.646. The molecule has 0 saturated heterocycles. The molecule has 0 saturated carbocycles. The predicted molar refractivity (Wildman–Crippen MR) is 73.4 cm³/mol. The van der Waals surface area contributed by atoms with Gasteiger partial charge in [0.05, 0.1) is 26.0 Å². The highest BCUT2D eigenvalue weighted by atomic mass is 16.5. The quantitative estimate of drug-likeness (QED) is 0.917. The van der Waals surface area contributed by atoms with Crippen LogP contribution in [0.15, 0.2) is 36.5 Å². The molecule has 100 valence electrons. The van der Waals surface area contributed by atoms with Crippen molar-refractivity contribution in [3.63, 3.8) is 0 Å². The van der Waals surface area contributed by atoms with E-state index in [1.807, 2.05) is 30.3 Å². The van der Waals surface area contributed by atoms with E-state index >= 15 is 0 Å². The second-order valence-electron chi connectivity index (χ2n) is 4.15. The molecule has 4 nitrogen and oxygen atoms in total. The number of aliphatic hydroxyl groups excluding tert-OH is 1. The lowest BCUT2D eigenvalue weighted by atomic mass is 10.0. The molecule has 0 aliphatic heterocycles. The largest absolute Gasteiger partial charge is 0.493 e. The van der Waals surface area contributed by atoms with Gasteiger partial charge in [-0.25, -0.2) is 0 Å². The Balaban J connectivity index is 2.65. The monoisotopic (exact) mass is 259 g/mol. The van der Waals surface area contributed by atoms with Crippen molar-refractivity contribution >= 4 is 0 Å². The van der Waals surface area contributed by atoms with Gasteiger partial charge in [0.25, 0.3) is 0 Å². The summed E-state index contributed by atoms with van der Waals surface area (Å²) in [5.41, 5.74) is 2.31. The highest BCUT2D eigenvalue weighted by Crippen LogP contribution is 2.39. The number of rotatable bonds is 4. The van der Waals surface area contributed by atoms with Crippen LogP contribution in [0.4, 0.5) is 0 Å². The van der Waals surface area contributed by atoms with Gasteiger partial charge in [-0.2, -0.15) is 0 Å². The SMILES string of the molecule is COc1cccc(-c2cccnc2C(C)O)c1OC. The molecular weight excluding hydrogens is 242 g/mol. The van der Waals surface area contributed by atoms with Gasteiger partial charge >= 0.3 is 0 Å². The van der Waals surface area contributed by atoms with E-state index in [2.05, 4.69) is 4.98 Å². The minimum Gasteiger partial charge on any atom is -0.493 e. The van der Waals surface area contributed by atoms with Crippen LogP contribution in [-0.2, 0) is 0 Å². The molecular formula is C15H17NO3. The fourth-order valence-electron chi connectivity index (χ4n) is 2.08. The van der Waals surface area contributed by atoms with Crippen LogP contribution >= 0.6 is 0 Å². The van der Waals surface area contributed by atoms with Crippen molar-refractivity contribution in [2.75, 3.05) is 14.2 Å². The lowest BCUT2D eigenvalue weighted by Crippen LogP contribution is -2.00. The van der Waals surface area contributed by atoms with Crippen LogP contribution in [0.5, 0.6) is 11.5 Å². The maximum atomic E-state index is 9.82. The van der Waals surface area contributed by atoms with Gasteiger partial charge in [0.1, 0.15) is 0 Å². The minimum absolute atomic E-state index is 0.619. The highest BCUT2D eigenvalue weighted by molar-refractivity contribution is 5.75. The number of methoxy groups -OCH3 is 2. The van der Waals surface area contributed by atoms with Crippen LogP contribution in [0.1, 0.15) is 18.7 Å². The Kier molecular flexibility index (Phi) is 4.02. The first-order valence-electron chi connectivity index (χ1n) is 6.03. The molecule has 1 aromatic carbocycles. The molecule has 1 N–H and O–H groups in total. The zero-order valence-corrected chi connectivity index (χ0v) is 11.3. The molecule has 0 amide bonds. The summed E-state index contributed by atoms with van der Waals surface area (Å²) in [5, 5.41) is 9.82. The smallest absolute Gasteiger partial charge is 0.168 e. The average molecular weight is 259 g/mol. The van der Waals surface area contributed by atoms with Crippen LogP contribution in [0.3, 0.4) is 0 Å². The van der Waals surface area contributed by atoms with Gasteiger partial charge in [0.2, 0.25) is 0 Å². The van der Waals surface area contributed by atoms with Crippen molar-refractivity contribution in [2.45, 2.75) is 13.0 Å². The molecule has 4 heteroatoms. The van der Waals surface area contributed by atoms with Crippen LogP contribution in [0, 0.1) is 0 Å². The molecule has 2 aromatic rings. The summed E-state index contributed by atoms with van der Waals surface area (Å²) >= 11 is 0. The number of hydrogen-bond donors (Lipinski definition) is 1. The third-order valence-corrected chi connectivity index (χ3v) is 2.93. The second kappa shape index (κ2) is 5.71. The normalized spacial score (nSPS) is 12.0. The Morgan fingerprint density at radius 2 is 1.79 bits per heavy atom. The maximum Gasteiger partial charge on any atom is 0.168 e. The first kappa shape index (κ1) is 13.4. The molecule has 0 aliphatic carbocycles. The van der Waals surface area contributed by atoms with E-state index in [0.717, 1.165) is 11.1 Å². The molecule has 1 heterocycles. The zero-order valence-electron chi connectivity index (χ0n) is 11.3. The number of aliphatic hydroxyl groups is 1. The van der Waals surface area contributed by atoms with Crippen LogP contribution in [-0.4, -0.2) is 24.3 Å². The Morgan fingerprint density at radius 1 is 1.05 bits per heavy atom. The Labute approximate surface area is 112 Å². The molecule has 0 bridgehead atoms. The standard InChI is InChI=1S/C15H17NO3/c1-10(17)14-11(7-5-9-16-14)12-6-4-8-13(18-2)15(12)19-3/h4-10,17H,1-3H3. The van der Waals surface area contributed by atoms with Gasteiger partial charge in [-0.1, -0.05) is 18.2 Å². The van der Waals surface area contributed by atoms with Crippen molar-refractivity contribution < 1.29 is 14.6 Å². The van der Waals surface area contributed by atoms with Gasteiger partial charge in [-0.05, 0) is 19.1 Å². The number of ether oxygens (including phenoxy) is 2. The van der Waals surface area contributed by atoms with E-state index in [1.165, 1.54) is 0 Å². The summed E-state index contributed by atoms with van der Waals surface area (Å²) in [4.78, 5) is 4.24. The molecule has 0 aliphatic rings. The van der Waals surface area contributed by atoms with E-state index in [9.17, 15) is 5.11 Å². The summed E-state index contributed by atoms with van der Waals surface area (Å²) in [5.74, 6) is 1.29. The molecule has 0 fully saturated rings. The zero-order chi connectivity index (χ0) is 13.8. The molecule has 1 atom stereocenters.